The summed E-state index contributed by atoms with van der Waals surface area (Å²) in [6.45, 7) is 8.07. The second kappa shape index (κ2) is 15.3. The maximum absolute atomic E-state index is 13.3. The Morgan fingerprint density at radius 3 is 2.17 bits per heavy atom. The fraction of sp³-hybridized carbons (Fsp3) is 0.282. The van der Waals surface area contributed by atoms with Crippen LogP contribution in [-0.4, -0.2) is 20.3 Å². The molecule has 0 spiro atoms. The van der Waals surface area contributed by atoms with E-state index in [1.54, 1.807) is 0 Å². The maximum atomic E-state index is 13.3. The van der Waals surface area contributed by atoms with Crippen LogP contribution in [0.4, 0.5) is 13.2 Å². The van der Waals surface area contributed by atoms with E-state index in [1.165, 1.54) is 12.3 Å². The molecule has 47 heavy (non-hydrogen) atoms. The summed E-state index contributed by atoms with van der Waals surface area (Å²) in [6, 6.07) is 27.5. The molecule has 0 aliphatic carbocycles. The number of aliphatic hydroxyl groups excluding tert-OH is 1. The Morgan fingerprint density at radius 2 is 1.53 bits per heavy atom. The van der Waals surface area contributed by atoms with Crippen molar-refractivity contribution in [3.05, 3.63) is 109 Å². The molecule has 6 aromatic rings. The van der Waals surface area contributed by atoms with Gasteiger partial charge in [0.25, 0.3) is 0 Å². The number of ketones is 1. The Labute approximate surface area is 287 Å². The van der Waals surface area contributed by atoms with Gasteiger partial charge in [0.15, 0.2) is 5.78 Å². The van der Waals surface area contributed by atoms with Crippen LogP contribution in [0.2, 0.25) is 0 Å². The van der Waals surface area contributed by atoms with E-state index in [1.807, 2.05) is 80.6 Å². The van der Waals surface area contributed by atoms with Crippen molar-refractivity contribution in [3.8, 4) is 22.5 Å². The molecule has 0 aliphatic heterocycles. The Balaban J connectivity index is 0.000000269. The van der Waals surface area contributed by atoms with Gasteiger partial charge in [0, 0.05) is 61.0 Å². The zero-order valence-electron chi connectivity index (χ0n) is 26.9. The summed E-state index contributed by atoms with van der Waals surface area (Å²) in [5.41, 5.74) is 4.11. The van der Waals surface area contributed by atoms with Crippen LogP contribution in [0.5, 0.6) is 0 Å². The van der Waals surface area contributed by atoms with Crippen LogP contribution in [0.3, 0.4) is 0 Å². The summed E-state index contributed by atoms with van der Waals surface area (Å²) in [6.07, 6.45) is 1.68. The van der Waals surface area contributed by atoms with Gasteiger partial charge in [-0.3, -0.25) is 4.79 Å². The third-order valence-electron chi connectivity index (χ3n) is 8.78. The van der Waals surface area contributed by atoms with E-state index < -0.39 is 11.7 Å². The number of aromatic nitrogens is 2. The topological polar surface area (TPSA) is 54.6 Å². The average molecular weight is 816 g/mol. The van der Waals surface area contributed by atoms with Gasteiger partial charge in [-0.25, -0.2) is 0 Å². The first-order valence-electron chi connectivity index (χ1n) is 15.9. The minimum absolute atomic E-state index is 0. The summed E-state index contributed by atoms with van der Waals surface area (Å²) in [7, 11) is 0. The molecule has 0 atom stereocenters. The minimum Gasteiger partial charge on any atom is -0.512 e. The molecule has 8 heteroatoms. The number of carbonyl (C=O) groups is 1. The van der Waals surface area contributed by atoms with Gasteiger partial charge >= 0.3 is 6.18 Å². The van der Waals surface area contributed by atoms with Crippen LogP contribution in [0.1, 0.15) is 58.9 Å². The molecule has 0 bridgehead atoms. The van der Waals surface area contributed by atoms with Crippen molar-refractivity contribution in [2.75, 3.05) is 0 Å². The van der Waals surface area contributed by atoms with E-state index in [0.717, 1.165) is 76.1 Å². The van der Waals surface area contributed by atoms with Crippen LogP contribution in [0.25, 0.3) is 49.7 Å². The van der Waals surface area contributed by atoms with Gasteiger partial charge < -0.3 is 14.5 Å². The van der Waals surface area contributed by atoms with Gasteiger partial charge in [-0.2, -0.15) is 13.2 Å². The van der Waals surface area contributed by atoms with Gasteiger partial charge in [0.2, 0.25) is 0 Å². The van der Waals surface area contributed by atoms with Gasteiger partial charge in [-0.15, -0.1) is 23.6 Å². The first-order chi connectivity index (χ1) is 22.1. The van der Waals surface area contributed by atoms with Gasteiger partial charge in [-0.1, -0.05) is 76.2 Å². The van der Waals surface area contributed by atoms with Crippen molar-refractivity contribution in [1.29, 1.82) is 0 Å². The van der Waals surface area contributed by atoms with E-state index in [-0.39, 0.29) is 49.2 Å². The minimum atomic E-state index is -4.43. The number of carbonyl (C=O) groups excluding carboxylic acids is 1. The first kappa shape index (κ1) is 35.8. The molecule has 0 fully saturated rings. The second-order valence-corrected chi connectivity index (χ2v) is 11.5. The number of alkyl halides is 3. The zero-order valence-corrected chi connectivity index (χ0v) is 29.3. The first-order valence-corrected chi connectivity index (χ1v) is 15.9. The third-order valence-corrected chi connectivity index (χ3v) is 8.78. The molecule has 247 valence electrons. The van der Waals surface area contributed by atoms with Crippen LogP contribution >= 0.6 is 0 Å². The van der Waals surface area contributed by atoms with Crippen LogP contribution in [-0.2, 0) is 31.1 Å². The SMILES string of the molecule is CCC(CC)C(=O)/C=C(\O)C(CC)CC.FC(F)(F)c1ccnc(-c2[c-]c3cccc4c5cc(-c6ccccc6)ccc5n2c34)c1.[Ir]. The molecular weight excluding hydrogens is 778 g/mol. The number of fused-ring (bicyclic) bond motifs is 3. The van der Waals surface area contributed by atoms with Crippen LogP contribution in [0.15, 0.2) is 96.9 Å². The monoisotopic (exact) mass is 816 g/mol. The van der Waals surface area contributed by atoms with Gasteiger partial charge in [0.05, 0.1) is 5.76 Å². The summed E-state index contributed by atoms with van der Waals surface area (Å²) >= 11 is 0. The fourth-order valence-corrected chi connectivity index (χ4v) is 6.09. The summed E-state index contributed by atoms with van der Waals surface area (Å²) in [5.74, 6) is 0.547. The molecule has 4 nitrogen and oxygen atoms in total. The number of rotatable bonds is 9. The van der Waals surface area contributed by atoms with Crippen molar-refractivity contribution in [1.82, 2.24) is 9.38 Å². The molecule has 0 amide bonds. The molecule has 1 radical (unpaired) electrons. The summed E-state index contributed by atoms with van der Waals surface area (Å²) < 4.78 is 41.8. The van der Waals surface area contributed by atoms with Crippen molar-refractivity contribution in [2.45, 2.75) is 59.6 Å². The predicted octanol–water partition coefficient (Wildman–Crippen LogP) is 11.1. The molecule has 6 rings (SSSR count). The number of para-hydroxylation sites is 1. The van der Waals surface area contributed by atoms with Crippen LogP contribution < -0.4 is 0 Å². The molecule has 1 N–H and O–H groups in total. The number of allylic oxidation sites excluding steroid dienone is 2. The number of benzene rings is 3. The standard InChI is InChI=1S/C26H14F3N2.C13H24O2.Ir/c27-26(28,29)19-11-12-30-22(15-19)24-14-18-7-4-8-20-21-13-17(16-5-2-1-3-6-16)9-10-23(21)31(24)25(18)20;1-5-10(6-2)12(14)9-13(15)11(7-3)8-4;/h1-13,15H;9-11,14H,5-8H2,1-4H3;/q-1;;/b;12-9-;. The number of hydrogen-bond acceptors (Lipinski definition) is 3. The number of halogens is 3. The predicted molar refractivity (Wildman–Crippen MR) is 180 cm³/mol. The number of pyridine rings is 1. The molecule has 3 heterocycles. The number of nitrogens with zero attached hydrogens (tertiary/aromatic N) is 2. The smallest absolute Gasteiger partial charge is 0.415 e. The van der Waals surface area contributed by atoms with Crippen molar-refractivity contribution in [2.24, 2.45) is 11.8 Å². The Hall–Kier alpha value is -4.00. The Bertz CT molecular complexity index is 1970. The van der Waals surface area contributed by atoms with Crippen molar-refractivity contribution < 1.29 is 43.2 Å². The van der Waals surface area contributed by atoms with E-state index >= 15 is 0 Å². The summed E-state index contributed by atoms with van der Waals surface area (Å²) in [4.78, 5) is 16.0. The van der Waals surface area contributed by atoms with Gasteiger partial charge in [-0.05, 0) is 77.0 Å². The Morgan fingerprint density at radius 1 is 0.851 bits per heavy atom. The van der Waals surface area contributed by atoms with Crippen molar-refractivity contribution >= 4 is 33.0 Å². The molecule has 0 aliphatic rings. The normalized spacial score (nSPS) is 12.1. The third kappa shape index (κ3) is 7.45. The molecule has 3 aromatic carbocycles. The van der Waals surface area contributed by atoms with E-state index in [0.29, 0.717) is 5.69 Å². The van der Waals surface area contributed by atoms with E-state index in [9.17, 15) is 23.1 Å². The van der Waals surface area contributed by atoms with Crippen molar-refractivity contribution in [3.63, 3.8) is 0 Å². The molecule has 0 saturated carbocycles. The molecular formula is C39H38F3IrN2O2-. The number of hydrogen-bond donors (Lipinski definition) is 1. The quantitative estimate of drug-likeness (QED) is 0.0898. The molecule has 0 unspecified atom stereocenters. The van der Waals surface area contributed by atoms with E-state index in [2.05, 4.69) is 29.2 Å². The average Bonchev–Trinajstić information content (AvgIpc) is 3.61. The zero-order chi connectivity index (χ0) is 33.0. The fourth-order valence-electron chi connectivity index (χ4n) is 6.09. The van der Waals surface area contributed by atoms with Crippen LogP contribution in [0, 0.1) is 17.9 Å². The second-order valence-electron chi connectivity index (χ2n) is 11.5. The number of aliphatic hydroxyl groups is 1. The molecule has 0 saturated heterocycles. The summed E-state index contributed by atoms with van der Waals surface area (Å²) in [5, 5.41) is 12.7. The van der Waals surface area contributed by atoms with Gasteiger partial charge in [0.1, 0.15) is 0 Å². The largest absolute Gasteiger partial charge is 0.512 e. The maximum Gasteiger partial charge on any atom is 0.415 e. The Kier molecular flexibility index (Phi) is 11.6. The molecule has 3 aromatic heterocycles. The van der Waals surface area contributed by atoms with E-state index in [4.69, 9.17) is 0 Å².